The molecule has 4 rings (SSSR count). The molecule has 0 aliphatic heterocycles. The third-order valence-corrected chi connectivity index (χ3v) is 5.55. The minimum atomic E-state index is 0.357. The number of ether oxygens (including phenoxy) is 1. The normalized spacial score (nSPS) is 11.0. The van der Waals surface area contributed by atoms with Crippen LogP contribution in [0.1, 0.15) is 11.1 Å². The second-order valence-electron chi connectivity index (χ2n) is 6.37. The van der Waals surface area contributed by atoms with Crippen LogP contribution in [0.3, 0.4) is 0 Å². The summed E-state index contributed by atoms with van der Waals surface area (Å²) in [6.45, 7) is 0.357. The third-order valence-electron chi connectivity index (χ3n) is 4.22. The fourth-order valence-corrected chi connectivity index (χ4v) is 3.84. The number of halogens is 2. The highest BCUT2D eigenvalue weighted by atomic mass is 35.5. The molecule has 30 heavy (non-hydrogen) atoms. The van der Waals surface area contributed by atoms with Crippen LogP contribution in [0, 0.1) is 0 Å². The number of anilines is 1. The predicted octanol–water partition coefficient (Wildman–Crippen LogP) is 7.14. The number of hydrogen-bond acceptors (Lipinski definition) is 5. The Morgan fingerprint density at radius 2 is 1.87 bits per heavy atom. The van der Waals surface area contributed by atoms with Gasteiger partial charge in [0.1, 0.15) is 12.4 Å². The van der Waals surface area contributed by atoms with E-state index in [1.54, 1.807) is 18.3 Å². The zero-order valence-electron chi connectivity index (χ0n) is 15.8. The van der Waals surface area contributed by atoms with E-state index in [9.17, 15) is 0 Å². The number of rotatable bonds is 7. The van der Waals surface area contributed by atoms with E-state index in [4.69, 9.17) is 27.9 Å². The molecular formula is C23H17Cl2N3OS. The topological polar surface area (TPSA) is 46.5 Å². The van der Waals surface area contributed by atoms with Gasteiger partial charge < -0.3 is 4.74 Å². The van der Waals surface area contributed by atoms with Gasteiger partial charge in [-0.2, -0.15) is 5.10 Å². The van der Waals surface area contributed by atoms with Crippen molar-refractivity contribution in [1.29, 1.82) is 0 Å². The van der Waals surface area contributed by atoms with Gasteiger partial charge in [0, 0.05) is 26.6 Å². The molecule has 0 aliphatic carbocycles. The molecule has 4 aromatic rings. The molecule has 150 valence electrons. The maximum Gasteiger partial charge on any atom is 0.203 e. The molecule has 0 saturated heterocycles. The van der Waals surface area contributed by atoms with Crippen molar-refractivity contribution in [3.8, 4) is 17.0 Å². The van der Waals surface area contributed by atoms with E-state index in [1.165, 1.54) is 11.3 Å². The van der Waals surface area contributed by atoms with Crippen LogP contribution in [0.5, 0.6) is 5.75 Å². The van der Waals surface area contributed by atoms with Crippen LogP contribution in [0.2, 0.25) is 10.0 Å². The lowest BCUT2D eigenvalue weighted by molar-refractivity contribution is 0.306. The van der Waals surface area contributed by atoms with E-state index in [0.717, 1.165) is 33.3 Å². The number of nitrogens with one attached hydrogen (secondary N) is 1. The first kappa shape index (κ1) is 20.4. The van der Waals surface area contributed by atoms with Crippen molar-refractivity contribution in [2.45, 2.75) is 6.61 Å². The van der Waals surface area contributed by atoms with Crippen molar-refractivity contribution >= 4 is 45.9 Å². The fourth-order valence-electron chi connectivity index (χ4n) is 2.71. The van der Waals surface area contributed by atoms with E-state index >= 15 is 0 Å². The van der Waals surface area contributed by atoms with Crippen molar-refractivity contribution in [3.63, 3.8) is 0 Å². The standard InChI is InChI=1S/C23H17Cl2N3OS/c24-19-10-9-18(21(25)12-19)14-29-20-8-4-5-16(11-20)13-26-28-23-27-22(15-30-23)17-6-2-1-3-7-17/h1-13,15H,14H2,(H,27,28). The van der Waals surface area contributed by atoms with Crippen LogP contribution in [0.25, 0.3) is 11.3 Å². The zero-order valence-corrected chi connectivity index (χ0v) is 18.1. The van der Waals surface area contributed by atoms with E-state index in [0.29, 0.717) is 16.7 Å². The lowest BCUT2D eigenvalue weighted by Crippen LogP contribution is -1.97. The lowest BCUT2D eigenvalue weighted by Gasteiger charge is -2.08. The van der Waals surface area contributed by atoms with Gasteiger partial charge in [-0.1, -0.05) is 71.7 Å². The maximum absolute atomic E-state index is 6.20. The Bertz CT molecular complexity index is 1160. The van der Waals surface area contributed by atoms with Gasteiger partial charge in [0.25, 0.3) is 0 Å². The zero-order chi connectivity index (χ0) is 20.8. The molecule has 0 spiro atoms. The van der Waals surface area contributed by atoms with Crippen LogP contribution >= 0.6 is 34.5 Å². The van der Waals surface area contributed by atoms with Gasteiger partial charge in [-0.3, -0.25) is 5.43 Å². The highest BCUT2D eigenvalue weighted by Gasteiger charge is 2.04. The summed E-state index contributed by atoms with van der Waals surface area (Å²) in [5.41, 5.74) is 6.76. The number of hydrogen-bond donors (Lipinski definition) is 1. The summed E-state index contributed by atoms with van der Waals surface area (Å²) < 4.78 is 5.85. The summed E-state index contributed by atoms with van der Waals surface area (Å²) in [4.78, 5) is 4.55. The number of aromatic nitrogens is 1. The Kier molecular flexibility index (Phi) is 6.64. The van der Waals surface area contributed by atoms with E-state index in [2.05, 4.69) is 15.5 Å². The van der Waals surface area contributed by atoms with Crippen LogP contribution in [0.4, 0.5) is 5.13 Å². The minimum Gasteiger partial charge on any atom is -0.489 e. The molecule has 1 heterocycles. The van der Waals surface area contributed by atoms with Crippen molar-refractivity contribution in [2.24, 2.45) is 5.10 Å². The van der Waals surface area contributed by atoms with Crippen LogP contribution < -0.4 is 10.2 Å². The SMILES string of the molecule is Clc1ccc(COc2cccc(C=NNc3nc(-c4ccccc4)cs3)c2)c(Cl)c1. The number of hydrazone groups is 1. The van der Waals surface area contributed by atoms with Gasteiger partial charge in [0.2, 0.25) is 5.13 Å². The summed E-state index contributed by atoms with van der Waals surface area (Å²) in [7, 11) is 0. The molecule has 0 bridgehead atoms. The molecule has 0 aliphatic rings. The molecule has 4 nitrogen and oxygen atoms in total. The molecule has 0 saturated carbocycles. The van der Waals surface area contributed by atoms with Gasteiger partial charge in [-0.25, -0.2) is 4.98 Å². The smallest absolute Gasteiger partial charge is 0.203 e. The highest BCUT2D eigenvalue weighted by molar-refractivity contribution is 7.14. The molecule has 0 atom stereocenters. The van der Waals surface area contributed by atoms with Crippen molar-refractivity contribution in [1.82, 2.24) is 4.98 Å². The Balaban J connectivity index is 1.36. The fraction of sp³-hybridized carbons (Fsp3) is 0.0435. The summed E-state index contributed by atoms with van der Waals surface area (Å²) in [5, 5.41) is 8.21. The second kappa shape index (κ2) is 9.76. The molecule has 1 N–H and O–H groups in total. The van der Waals surface area contributed by atoms with Crippen LogP contribution in [-0.4, -0.2) is 11.2 Å². The lowest BCUT2D eigenvalue weighted by atomic mass is 10.2. The van der Waals surface area contributed by atoms with E-state index < -0.39 is 0 Å². The first-order valence-electron chi connectivity index (χ1n) is 9.14. The Morgan fingerprint density at radius 1 is 1.00 bits per heavy atom. The molecule has 0 unspecified atom stereocenters. The van der Waals surface area contributed by atoms with Crippen molar-refractivity contribution < 1.29 is 4.74 Å². The molecule has 1 aromatic heterocycles. The molecular weight excluding hydrogens is 437 g/mol. The number of benzene rings is 3. The van der Waals surface area contributed by atoms with Gasteiger partial charge >= 0.3 is 0 Å². The Hall–Kier alpha value is -2.86. The van der Waals surface area contributed by atoms with E-state index in [1.807, 2.05) is 66.0 Å². The van der Waals surface area contributed by atoms with Gasteiger partial charge in [-0.15, -0.1) is 11.3 Å². The van der Waals surface area contributed by atoms with Crippen molar-refractivity contribution in [2.75, 3.05) is 5.43 Å². The molecule has 7 heteroatoms. The molecule has 0 radical (unpaired) electrons. The molecule has 0 fully saturated rings. The summed E-state index contributed by atoms with van der Waals surface area (Å²) >= 11 is 13.6. The Morgan fingerprint density at radius 3 is 2.70 bits per heavy atom. The van der Waals surface area contributed by atoms with Gasteiger partial charge in [0.05, 0.1) is 11.9 Å². The second-order valence-corrected chi connectivity index (χ2v) is 8.07. The van der Waals surface area contributed by atoms with E-state index in [-0.39, 0.29) is 0 Å². The average molecular weight is 454 g/mol. The molecule has 3 aromatic carbocycles. The third kappa shape index (κ3) is 5.39. The molecule has 0 amide bonds. The average Bonchev–Trinajstić information content (AvgIpc) is 3.23. The summed E-state index contributed by atoms with van der Waals surface area (Å²) in [6, 6.07) is 23.1. The largest absolute Gasteiger partial charge is 0.489 e. The maximum atomic E-state index is 6.20. The highest BCUT2D eigenvalue weighted by Crippen LogP contribution is 2.25. The first-order chi connectivity index (χ1) is 14.7. The van der Waals surface area contributed by atoms with Gasteiger partial charge in [0.15, 0.2) is 0 Å². The first-order valence-corrected chi connectivity index (χ1v) is 10.8. The Labute approximate surface area is 188 Å². The number of thiazole rings is 1. The quantitative estimate of drug-likeness (QED) is 0.238. The van der Waals surface area contributed by atoms with Crippen LogP contribution in [0.15, 0.2) is 83.3 Å². The predicted molar refractivity (Wildman–Crippen MR) is 126 cm³/mol. The van der Waals surface area contributed by atoms with Gasteiger partial charge in [-0.05, 0) is 29.8 Å². The number of nitrogens with zero attached hydrogens (tertiary/aromatic N) is 2. The summed E-state index contributed by atoms with van der Waals surface area (Å²) in [6.07, 6.45) is 1.73. The monoisotopic (exact) mass is 453 g/mol. The van der Waals surface area contributed by atoms with Crippen molar-refractivity contribution in [3.05, 3.63) is 99.3 Å². The summed E-state index contributed by atoms with van der Waals surface area (Å²) in [5.74, 6) is 0.727. The van der Waals surface area contributed by atoms with Crippen LogP contribution in [-0.2, 0) is 6.61 Å². The minimum absolute atomic E-state index is 0.357.